The third-order valence-electron chi connectivity index (χ3n) is 2.47. The van der Waals surface area contributed by atoms with Crippen molar-refractivity contribution >= 4 is 6.47 Å². The largest absolute Gasteiger partial charge is 0.463 e. The second kappa shape index (κ2) is 7.88. The molecule has 16 heavy (non-hydrogen) atoms. The summed E-state index contributed by atoms with van der Waals surface area (Å²) in [5.74, 6) is 0.935. The molecule has 1 N–H and O–H groups in total. The SMILES string of the molecule is CC1CCNC1.O=COCc1ccccc1. The Hall–Kier alpha value is -1.35. The smallest absolute Gasteiger partial charge is 0.293 e. The highest BCUT2D eigenvalue weighted by Gasteiger charge is 2.06. The van der Waals surface area contributed by atoms with Crippen molar-refractivity contribution in [3.8, 4) is 0 Å². The van der Waals surface area contributed by atoms with Crippen LogP contribution < -0.4 is 5.32 Å². The minimum Gasteiger partial charge on any atom is -0.463 e. The maximum Gasteiger partial charge on any atom is 0.293 e. The molecule has 3 nitrogen and oxygen atoms in total. The van der Waals surface area contributed by atoms with Gasteiger partial charge in [0.15, 0.2) is 0 Å². The summed E-state index contributed by atoms with van der Waals surface area (Å²) in [4.78, 5) is 9.76. The molecular weight excluding hydrogens is 202 g/mol. The molecule has 0 bridgehead atoms. The quantitative estimate of drug-likeness (QED) is 0.793. The highest BCUT2D eigenvalue weighted by molar-refractivity contribution is 5.37. The molecule has 1 aromatic rings. The molecule has 1 aliphatic rings. The van der Waals surface area contributed by atoms with Crippen LogP contribution in [-0.4, -0.2) is 19.6 Å². The van der Waals surface area contributed by atoms with Crippen LogP contribution in [0.25, 0.3) is 0 Å². The Bertz CT molecular complexity index is 281. The van der Waals surface area contributed by atoms with Crippen molar-refractivity contribution in [2.45, 2.75) is 20.0 Å². The minimum absolute atomic E-state index is 0.365. The van der Waals surface area contributed by atoms with Crippen LogP contribution in [0.4, 0.5) is 0 Å². The highest BCUT2D eigenvalue weighted by atomic mass is 16.5. The number of nitrogens with one attached hydrogen (secondary N) is 1. The average molecular weight is 221 g/mol. The van der Waals surface area contributed by atoms with Gasteiger partial charge in [0.25, 0.3) is 6.47 Å². The zero-order valence-electron chi connectivity index (χ0n) is 9.69. The fourth-order valence-electron chi connectivity index (χ4n) is 1.50. The monoisotopic (exact) mass is 221 g/mol. The average Bonchev–Trinajstić information content (AvgIpc) is 2.80. The summed E-state index contributed by atoms with van der Waals surface area (Å²) in [6.45, 7) is 5.57. The summed E-state index contributed by atoms with van der Waals surface area (Å²) in [5.41, 5.74) is 1.01. The number of benzene rings is 1. The van der Waals surface area contributed by atoms with Gasteiger partial charge in [0.1, 0.15) is 6.61 Å². The highest BCUT2D eigenvalue weighted by Crippen LogP contribution is 2.03. The van der Waals surface area contributed by atoms with Gasteiger partial charge in [-0.3, -0.25) is 4.79 Å². The predicted molar refractivity (Wildman–Crippen MR) is 63.9 cm³/mol. The Balaban J connectivity index is 0.000000181. The number of ether oxygens (including phenoxy) is 1. The van der Waals surface area contributed by atoms with Crippen LogP contribution >= 0.6 is 0 Å². The minimum atomic E-state index is 0.365. The zero-order valence-corrected chi connectivity index (χ0v) is 9.69. The van der Waals surface area contributed by atoms with Crippen molar-refractivity contribution in [2.24, 2.45) is 5.92 Å². The van der Waals surface area contributed by atoms with Crippen molar-refractivity contribution in [1.82, 2.24) is 5.32 Å². The first kappa shape index (κ1) is 12.7. The second-order valence-corrected chi connectivity index (χ2v) is 3.99. The van der Waals surface area contributed by atoms with Gasteiger partial charge in [-0.25, -0.2) is 0 Å². The van der Waals surface area contributed by atoms with E-state index in [1.165, 1.54) is 19.5 Å². The Morgan fingerprint density at radius 1 is 1.44 bits per heavy atom. The van der Waals surface area contributed by atoms with Crippen LogP contribution in [0.15, 0.2) is 30.3 Å². The van der Waals surface area contributed by atoms with E-state index in [0.717, 1.165) is 11.5 Å². The van der Waals surface area contributed by atoms with Gasteiger partial charge in [-0.1, -0.05) is 37.3 Å². The fraction of sp³-hybridized carbons (Fsp3) is 0.462. The first-order chi connectivity index (χ1) is 7.83. The molecule has 1 fully saturated rings. The molecule has 0 aromatic heterocycles. The van der Waals surface area contributed by atoms with Gasteiger partial charge in [0.05, 0.1) is 0 Å². The molecular formula is C13H19NO2. The first-order valence-corrected chi connectivity index (χ1v) is 5.63. The molecule has 1 aliphatic heterocycles. The predicted octanol–water partition coefficient (Wildman–Crippen LogP) is 1.98. The third-order valence-corrected chi connectivity index (χ3v) is 2.47. The van der Waals surface area contributed by atoms with Gasteiger partial charge in [-0.2, -0.15) is 0 Å². The lowest BCUT2D eigenvalue weighted by Gasteiger charge is -1.95. The van der Waals surface area contributed by atoms with E-state index in [1.807, 2.05) is 30.3 Å². The van der Waals surface area contributed by atoms with Gasteiger partial charge in [0.2, 0.25) is 0 Å². The van der Waals surface area contributed by atoms with Gasteiger partial charge in [0, 0.05) is 0 Å². The van der Waals surface area contributed by atoms with Gasteiger partial charge >= 0.3 is 0 Å². The molecule has 0 spiro atoms. The second-order valence-electron chi connectivity index (χ2n) is 3.99. The van der Waals surface area contributed by atoms with Crippen LogP contribution in [0.1, 0.15) is 18.9 Å². The van der Waals surface area contributed by atoms with Gasteiger partial charge in [-0.15, -0.1) is 0 Å². The molecule has 88 valence electrons. The van der Waals surface area contributed by atoms with Crippen LogP contribution in [0.3, 0.4) is 0 Å². The van der Waals surface area contributed by atoms with Crippen LogP contribution in [-0.2, 0) is 16.1 Å². The lowest BCUT2D eigenvalue weighted by atomic mass is 10.2. The van der Waals surface area contributed by atoms with Gasteiger partial charge < -0.3 is 10.1 Å². The molecule has 1 saturated heterocycles. The van der Waals surface area contributed by atoms with E-state index in [0.29, 0.717) is 13.1 Å². The van der Waals surface area contributed by atoms with Crippen molar-refractivity contribution in [3.05, 3.63) is 35.9 Å². The Labute approximate surface area is 96.8 Å². The molecule has 0 saturated carbocycles. The molecule has 0 aliphatic carbocycles. The number of hydrogen-bond acceptors (Lipinski definition) is 3. The summed E-state index contributed by atoms with van der Waals surface area (Å²) in [7, 11) is 0. The normalized spacial score (nSPS) is 18.4. The topological polar surface area (TPSA) is 38.3 Å². The van der Waals surface area contributed by atoms with Crippen molar-refractivity contribution in [3.63, 3.8) is 0 Å². The van der Waals surface area contributed by atoms with E-state index in [-0.39, 0.29) is 0 Å². The standard InChI is InChI=1S/C8H8O2.C5H11N/c9-7-10-6-8-4-2-1-3-5-8;1-5-2-3-6-4-5/h1-5,7H,6H2;5-6H,2-4H2,1H3. The molecule has 2 rings (SSSR count). The number of rotatable bonds is 3. The number of carbonyl (C=O) groups excluding carboxylic acids is 1. The lowest BCUT2D eigenvalue weighted by Crippen LogP contribution is -2.06. The Kier molecular flexibility index (Phi) is 6.26. The number of carbonyl (C=O) groups is 1. The summed E-state index contributed by atoms with van der Waals surface area (Å²) in [6, 6.07) is 9.55. The van der Waals surface area contributed by atoms with Crippen LogP contribution in [0.2, 0.25) is 0 Å². The van der Waals surface area contributed by atoms with E-state index >= 15 is 0 Å². The molecule has 0 radical (unpaired) electrons. The molecule has 1 unspecified atom stereocenters. The van der Waals surface area contributed by atoms with Gasteiger partial charge in [-0.05, 0) is 31.0 Å². The fourth-order valence-corrected chi connectivity index (χ4v) is 1.50. The van der Waals surface area contributed by atoms with E-state index < -0.39 is 0 Å². The number of hydrogen-bond donors (Lipinski definition) is 1. The third kappa shape index (κ3) is 5.51. The van der Waals surface area contributed by atoms with Crippen molar-refractivity contribution in [2.75, 3.05) is 13.1 Å². The maximum atomic E-state index is 9.76. The van der Waals surface area contributed by atoms with Crippen LogP contribution in [0, 0.1) is 5.92 Å². The summed E-state index contributed by atoms with van der Waals surface area (Å²) in [6.07, 6.45) is 1.38. The molecule has 1 atom stereocenters. The van der Waals surface area contributed by atoms with E-state index in [2.05, 4.69) is 17.0 Å². The molecule has 1 heterocycles. The van der Waals surface area contributed by atoms with Crippen LogP contribution in [0.5, 0.6) is 0 Å². The molecule has 1 aromatic carbocycles. The molecule has 0 amide bonds. The van der Waals surface area contributed by atoms with E-state index in [1.54, 1.807) is 0 Å². The summed E-state index contributed by atoms with van der Waals surface area (Å²) < 4.78 is 4.54. The van der Waals surface area contributed by atoms with Crippen molar-refractivity contribution in [1.29, 1.82) is 0 Å². The van der Waals surface area contributed by atoms with Crippen molar-refractivity contribution < 1.29 is 9.53 Å². The Morgan fingerprint density at radius 2 is 2.19 bits per heavy atom. The summed E-state index contributed by atoms with van der Waals surface area (Å²) >= 11 is 0. The Morgan fingerprint density at radius 3 is 2.62 bits per heavy atom. The van der Waals surface area contributed by atoms with E-state index in [9.17, 15) is 4.79 Å². The lowest BCUT2D eigenvalue weighted by molar-refractivity contribution is -0.129. The first-order valence-electron chi connectivity index (χ1n) is 5.63. The zero-order chi connectivity index (χ0) is 11.6. The molecule has 3 heteroatoms. The van der Waals surface area contributed by atoms with E-state index in [4.69, 9.17) is 0 Å². The summed E-state index contributed by atoms with van der Waals surface area (Å²) in [5, 5.41) is 3.27. The maximum absolute atomic E-state index is 9.76.